The Balaban J connectivity index is -0.000000175. The van der Waals surface area contributed by atoms with Crippen molar-refractivity contribution in [1.82, 2.24) is 5.32 Å². The van der Waals surface area contributed by atoms with Crippen molar-refractivity contribution in [1.29, 1.82) is 0 Å². The fourth-order valence-electron chi connectivity index (χ4n) is 0.866. The van der Waals surface area contributed by atoms with Crippen LogP contribution in [0.15, 0.2) is 0 Å². The first-order valence-corrected chi connectivity index (χ1v) is 5.49. The molecule has 1 N–H and O–H groups in total. The molecule has 0 aliphatic carbocycles. The molecule has 0 fully saturated rings. The Morgan fingerprint density at radius 1 is 0.917 bits per heavy atom. The monoisotopic (exact) mass is 175 g/mol. The van der Waals surface area contributed by atoms with E-state index in [4.69, 9.17) is 0 Å². The molecule has 0 aliphatic rings. The topological polar surface area (TPSA) is 12.0 Å². The van der Waals surface area contributed by atoms with Crippen molar-refractivity contribution >= 4 is 0 Å². The molecule has 0 saturated carbocycles. The molecule has 0 rings (SSSR count). The predicted octanol–water partition coefficient (Wildman–Crippen LogP) is 3.69. The molecule has 78 valence electrons. The van der Waals surface area contributed by atoms with Crippen molar-refractivity contribution in [3.63, 3.8) is 0 Å². The second kappa shape index (κ2) is 22.4. The molecule has 0 aromatic heterocycles. The van der Waals surface area contributed by atoms with E-state index in [1.54, 1.807) is 0 Å². The molecule has 0 amide bonds. The summed E-state index contributed by atoms with van der Waals surface area (Å²) >= 11 is 0. The van der Waals surface area contributed by atoms with E-state index in [1.807, 2.05) is 34.7 Å². The Bertz CT molecular complexity index is 40.3. The molecular formula is C11H29N. The minimum absolute atomic E-state index is 0.889. The van der Waals surface area contributed by atoms with Crippen LogP contribution in [0, 0.1) is 5.92 Å². The Labute approximate surface area is 80.0 Å². The highest BCUT2D eigenvalue weighted by atomic mass is 14.8. The lowest BCUT2D eigenvalue weighted by atomic mass is 10.0. The summed E-state index contributed by atoms with van der Waals surface area (Å²) in [7, 11) is 2.01. The lowest BCUT2D eigenvalue weighted by Gasteiger charge is -2.09. The first-order chi connectivity index (χ1) is 5.85. The fraction of sp³-hybridized carbons (Fsp3) is 1.00. The summed E-state index contributed by atoms with van der Waals surface area (Å²) in [5.41, 5.74) is 0. The van der Waals surface area contributed by atoms with Gasteiger partial charge in [0.1, 0.15) is 0 Å². The number of rotatable bonds is 4. The third kappa shape index (κ3) is 16.5. The van der Waals surface area contributed by atoms with Gasteiger partial charge < -0.3 is 5.32 Å². The minimum Gasteiger partial charge on any atom is -0.319 e. The normalized spacial score (nSPS) is 8.00. The van der Waals surface area contributed by atoms with Crippen LogP contribution in [-0.2, 0) is 0 Å². The van der Waals surface area contributed by atoms with E-state index in [2.05, 4.69) is 19.2 Å². The standard InChI is InChI=1S/C7H17N.2C2H6/c1-4-7(5-2)6-8-3;2*1-2/h7-8H,4-6H2,1-3H3;2*1-2H3. The summed E-state index contributed by atoms with van der Waals surface area (Å²) < 4.78 is 0. The largest absolute Gasteiger partial charge is 0.319 e. The molecular weight excluding hydrogens is 146 g/mol. The van der Waals surface area contributed by atoms with E-state index in [-0.39, 0.29) is 0 Å². The molecule has 0 spiro atoms. The molecule has 0 bridgehead atoms. The van der Waals surface area contributed by atoms with Crippen molar-refractivity contribution in [2.45, 2.75) is 54.4 Å². The van der Waals surface area contributed by atoms with Gasteiger partial charge in [-0.25, -0.2) is 0 Å². The molecule has 0 saturated heterocycles. The van der Waals surface area contributed by atoms with Gasteiger partial charge >= 0.3 is 0 Å². The Morgan fingerprint density at radius 3 is 1.33 bits per heavy atom. The van der Waals surface area contributed by atoms with Crippen LogP contribution >= 0.6 is 0 Å². The van der Waals surface area contributed by atoms with E-state index in [1.165, 1.54) is 19.4 Å². The molecule has 0 aromatic rings. The molecule has 0 atom stereocenters. The summed E-state index contributed by atoms with van der Waals surface area (Å²) in [6.07, 6.45) is 2.61. The van der Waals surface area contributed by atoms with Crippen LogP contribution in [0.1, 0.15) is 54.4 Å². The van der Waals surface area contributed by atoms with Crippen LogP contribution in [0.4, 0.5) is 0 Å². The molecule has 0 aliphatic heterocycles. The average Bonchev–Trinajstić information content (AvgIpc) is 2.20. The Kier molecular flexibility index (Phi) is 33.5. The van der Waals surface area contributed by atoms with Crippen LogP contribution in [0.3, 0.4) is 0 Å². The maximum absolute atomic E-state index is 3.17. The summed E-state index contributed by atoms with van der Waals surface area (Å²) in [5.74, 6) is 0.889. The third-order valence-electron chi connectivity index (χ3n) is 1.65. The predicted molar refractivity (Wildman–Crippen MR) is 60.7 cm³/mol. The Hall–Kier alpha value is -0.0400. The fourth-order valence-corrected chi connectivity index (χ4v) is 0.866. The maximum Gasteiger partial charge on any atom is -0.00237 e. The molecule has 0 radical (unpaired) electrons. The number of hydrogen-bond acceptors (Lipinski definition) is 1. The van der Waals surface area contributed by atoms with Crippen LogP contribution in [0.2, 0.25) is 0 Å². The molecule has 0 unspecified atom stereocenters. The summed E-state index contributed by atoms with van der Waals surface area (Å²) in [5, 5.41) is 3.17. The van der Waals surface area contributed by atoms with Gasteiger partial charge in [-0.15, -0.1) is 0 Å². The SMILES string of the molecule is CC.CC.CCC(CC)CNC. The van der Waals surface area contributed by atoms with Gasteiger partial charge in [0.05, 0.1) is 0 Å². The van der Waals surface area contributed by atoms with E-state index in [0.29, 0.717) is 0 Å². The van der Waals surface area contributed by atoms with Crippen molar-refractivity contribution < 1.29 is 0 Å². The lowest BCUT2D eigenvalue weighted by Crippen LogP contribution is -2.17. The summed E-state index contributed by atoms with van der Waals surface area (Å²) in [4.78, 5) is 0. The number of hydrogen-bond donors (Lipinski definition) is 1. The summed E-state index contributed by atoms with van der Waals surface area (Å²) in [6.45, 7) is 13.7. The summed E-state index contributed by atoms with van der Waals surface area (Å²) in [6, 6.07) is 0. The van der Waals surface area contributed by atoms with Crippen molar-refractivity contribution in [3.8, 4) is 0 Å². The van der Waals surface area contributed by atoms with E-state index in [9.17, 15) is 0 Å². The van der Waals surface area contributed by atoms with Gasteiger partial charge in [0.15, 0.2) is 0 Å². The average molecular weight is 175 g/mol. The van der Waals surface area contributed by atoms with Crippen molar-refractivity contribution in [3.05, 3.63) is 0 Å². The van der Waals surface area contributed by atoms with Gasteiger partial charge in [-0.3, -0.25) is 0 Å². The van der Waals surface area contributed by atoms with E-state index < -0.39 is 0 Å². The highest BCUT2D eigenvalue weighted by Gasteiger charge is 1.98. The molecule has 1 nitrogen and oxygen atoms in total. The van der Waals surface area contributed by atoms with Crippen LogP contribution in [0.5, 0.6) is 0 Å². The quantitative estimate of drug-likeness (QED) is 0.687. The van der Waals surface area contributed by atoms with Gasteiger partial charge in [-0.2, -0.15) is 0 Å². The lowest BCUT2D eigenvalue weighted by molar-refractivity contribution is 0.469. The van der Waals surface area contributed by atoms with Crippen LogP contribution in [-0.4, -0.2) is 13.6 Å². The maximum atomic E-state index is 3.17. The zero-order valence-corrected chi connectivity index (χ0v) is 10.2. The molecule has 0 heterocycles. The van der Waals surface area contributed by atoms with Crippen LogP contribution < -0.4 is 5.32 Å². The zero-order chi connectivity index (χ0) is 10.4. The smallest absolute Gasteiger partial charge is 0.00237 e. The van der Waals surface area contributed by atoms with Gasteiger partial charge in [-0.05, 0) is 19.5 Å². The first kappa shape index (κ1) is 17.9. The molecule has 1 heteroatoms. The third-order valence-corrected chi connectivity index (χ3v) is 1.65. The molecule has 0 aromatic carbocycles. The van der Waals surface area contributed by atoms with Crippen molar-refractivity contribution in [2.24, 2.45) is 5.92 Å². The highest BCUT2D eigenvalue weighted by molar-refractivity contribution is 4.54. The van der Waals surface area contributed by atoms with Crippen LogP contribution in [0.25, 0.3) is 0 Å². The minimum atomic E-state index is 0.889. The number of nitrogens with one attached hydrogen (secondary N) is 1. The Morgan fingerprint density at radius 2 is 1.25 bits per heavy atom. The van der Waals surface area contributed by atoms with Gasteiger partial charge in [0.2, 0.25) is 0 Å². The second-order valence-corrected chi connectivity index (χ2v) is 2.24. The van der Waals surface area contributed by atoms with Gasteiger partial charge in [0.25, 0.3) is 0 Å². The van der Waals surface area contributed by atoms with E-state index >= 15 is 0 Å². The van der Waals surface area contributed by atoms with Gasteiger partial charge in [-0.1, -0.05) is 54.4 Å². The van der Waals surface area contributed by atoms with Crippen molar-refractivity contribution in [2.75, 3.05) is 13.6 Å². The highest BCUT2D eigenvalue weighted by Crippen LogP contribution is 2.03. The molecule has 12 heavy (non-hydrogen) atoms. The second-order valence-electron chi connectivity index (χ2n) is 2.24. The van der Waals surface area contributed by atoms with E-state index in [0.717, 1.165) is 5.92 Å². The van der Waals surface area contributed by atoms with Gasteiger partial charge in [0, 0.05) is 0 Å². The first-order valence-electron chi connectivity index (χ1n) is 5.49. The zero-order valence-electron chi connectivity index (χ0n) is 10.2.